The highest BCUT2D eigenvalue weighted by atomic mass is 32.1. The molecule has 1 N–H and O–H groups in total. The molecule has 0 amide bonds. The van der Waals surface area contributed by atoms with E-state index < -0.39 is 0 Å². The van der Waals surface area contributed by atoms with Crippen LogP contribution in [0.2, 0.25) is 0 Å². The van der Waals surface area contributed by atoms with Crippen molar-refractivity contribution in [1.82, 2.24) is 15.1 Å². The third-order valence-electron chi connectivity index (χ3n) is 4.58. The molecule has 1 aliphatic heterocycles. The number of nitrogens with one attached hydrogen (secondary N) is 1. The van der Waals surface area contributed by atoms with Gasteiger partial charge in [-0.3, -0.25) is 4.90 Å². The topological polar surface area (TPSA) is 54.2 Å². The molecule has 2 fully saturated rings. The Morgan fingerprint density at radius 2 is 2.09 bits per heavy atom. The minimum atomic E-state index is 0.531. The lowest BCUT2D eigenvalue weighted by Crippen LogP contribution is -2.35. The first-order valence-corrected chi connectivity index (χ1v) is 9.07. The third-order valence-corrected chi connectivity index (χ3v) is 5.44. The Morgan fingerprint density at radius 1 is 1.23 bits per heavy atom. The minimum Gasteiger partial charge on any atom is -0.408 e. The first-order chi connectivity index (χ1) is 10.9. The van der Waals surface area contributed by atoms with E-state index in [0.717, 1.165) is 19.0 Å². The van der Waals surface area contributed by atoms with Crippen molar-refractivity contribution >= 4 is 17.4 Å². The summed E-state index contributed by atoms with van der Waals surface area (Å²) in [4.78, 5) is 4.02. The molecule has 4 rings (SSSR count). The van der Waals surface area contributed by atoms with Gasteiger partial charge in [0.1, 0.15) is 0 Å². The average Bonchev–Trinajstić information content (AvgIpc) is 3.07. The maximum Gasteiger partial charge on any atom is 0.315 e. The van der Waals surface area contributed by atoms with Crippen LogP contribution in [-0.4, -0.2) is 34.7 Å². The van der Waals surface area contributed by atoms with Gasteiger partial charge >= 0.3 is 6.01 Å². The van der Waals surface area contributed by atoms with Gasteiger partial charge < -0.3 is 9.73 Å². The number of likely N-dealkylation sites (tertiary alicyclic amines) is 1. The normalized spacial score (nSPS) is 20.4. The summed E-state index contributed by atoms with van der Waals surface area (Å²) < 4.78 is 5.65. The molecule has 22 heavy (non-hydrogen) atoms. The second-order valence-corrected chi connectivity index (χ2v) is 7.43. The Bertz CT molecular complexity index is 585. The van der Waals surface area contributed by atoms with E-state index in [1.807, 2.05) is 11.3 Å². The quantitative estimate of drug-likeness (QED) is 0.885. The predicted molar refractivity (Wildman–Crippen MR) is 87.1 cm³/mol. The predicted octanol–water partition coefficient (Wildman–Crippen LogP) is 3.33. The SMILES string of the molecule is c1csc(CN2CCC(CNc3nnc(C4CC4)o3)CC2)c1. The molecule has 0 aromatic carbocycles. The summed E-state index contributed by atoms with van der Waals surface area (Å²) >= 11 is 1.85. The minimum absolute atomic E-state index is 0.531. The summed E-state index contributed by atoms with van der Waals surface area (Å²) in [5.41, 5.74) is 0. The van der Waals surface area contributed by atoms with E-state index in [-0.39, 0.29) is 0 Å². The zero-order valence-electron chi connectivity index (χ0n) is 12.7. The molecule has 0 radical (unpaired) electrons. The lowest BCUT2D eigenvalue weighted by Gasteiger charge is -2.31. The number of anilines is 1. The zero-order chi connectivity index (χ0) is 14.8. The Labute approximate surface area is 134 Å². The van der Waals surface area contributed by atoms with Gasteiger partial charge in [-0.05, 0) is 56.1 Å². The van der Waals surface area contributed by atoms with E-state index in [0.29, 0.717) is 17.9 Å². The fraction of sp³-hybridized carbons (Fsp3) is 0.625. The fourth-order valence-electron chi connectivity index (χ4n) is 3.00. The van der Waals surface area contributed by atoms with Crippen LogP contribution in [0.4, 0.5) is 6.01 Å². The largest absolute Gasteiger partial charge is 0.408 e. The van der Waals surface area contributed by atoms with E-state index in [1.165, 1.54) is 43.6 Å². The Hall–Kier alpha value is -1.40. The molecule has 2 aliphatic rings. The van der Waals surface area contributed by atoms with Crippen LogP contribution >= 0.6 is 11.3 Å². The van der Waals surface area contributed by atoms with Gasteiger partial charge in [0.2, 0.25) is 5.89 Å². The number of hydrogen-bond donors (Lipinski definition) is 1. The van der Waals surface area contributed by atoms with Gasteiger partial charge in [0.25, 0.3) is 0 Å². The van der Waals surface area contributed by atoms with Gasteiger partial charge in [-0.25, -0.2) is 0 Å². The van der Waals surface area contributed by atoms with Crippen LogP contribution in [0.15, 0.2) is 21.9 Å². The number of piperidine rings is 1. The van der Waals surface area contributed by atoms with E-state index in [9.17, 15) is 0 Å². The summed E-state index contributed by atoms with van der Waals surface area (Å²) in [5, 5.41) is 13.7. The lowest BCUT2D eigenvalue weighted by molar-refractivity contribution is 0.183. The van der Waals surface area contributed by atoms with E-state index in [2.05, 4.69) is 37.9 Å². The van der Waals surface area contributed by atoms with Crippen LogP contribution < -0.4 is 5.32 Å². The Morgan fingerprint density at radius 3 is 2.82 bits per heavy atom. The standard InChI is InChI=1S/C16H22N4OS/c1-2-14(22-9-1)11-20-7-5-12(6-8-20)10-17-16-19-18-15(21-16)13-3-4-13/h1-2,9,12-13H,3-8,10-11H2,(H,17,19). The van der Waals surface area contributed by atoms with E-state index >= 15 is 0 Å². The van der Waals surface area contributed by atoms with Crippen molar-refractivity contribution in [2.75, 3.05) is 25.0 Å². The number of hydrogen-bond acceptors (Lipinski definition) is 6. The van der Waals surface area contributed by atoms with Gasteiger partial charge in [-0.1, -0.05) is 11.2 Å². The van der Waals surface area contributed by atoms with Crippen molar-refractivity contribution in [3.05, 3.63) is 28.3 Å². The Kier molecular flexibility index (Phi) is 4.12. The van der Waals surface area contributed by atoms with Crippen LogP contribution in [0.3, 0.4) is 0 Å². The lowest BCUT2D eigenvalue weighted by atomic mass is 9.97. The maximum atomic E-state index is 5.65. The molecule has 1 saturated heterocycles. The van der Waals surface area contributed by atoms with Crippen LogP contribution in [0, 0.1) is 5.92 Å². The molecule has 6 heteroatoms. The number of rotatable bonds is 6. The summed E-state index contributed by atoms with van der Waals surface area (Å²) in [5.74, 6) is 2.05. The van der Waals surface area contributed by atoms with Crippen LogP contribution in [0.25, 0.3) is 0 Å². The summed E-state index contributed by atoms with van der Waals surface area (Å²) in [6, 6.07) is 4.96. The van der Waals surface area contributed by atoms with Crippen LogP contribution in [0.5, 0.6) is 0 Å². The van der Waals surface area contributed by atoms with Crippen molar-refractivity contribution in [2.45, 2.75) is 38.1 Å². The van der Waals surface area contributed by atoms with E-state index in [1.54, 1.807) is 0 Å². The highest BCUT2D eigenvalue weighted by Crippen LogP contribution is 2.39. The molecule has 0 spiro atoms. The van der Waals surface area contributed by atoms with Crippen molar-refractivity contribution in [2.24, 2.45) is 5.92 Å². The van der Waals surface area contributed by atoms with Gasteiger partial charge in [0.15, 0.2) is 0 Å². The summed E-state index contributed by atoms with van der Waals surface area (Å²) in [7, 11) is 0. The fourth-order valence-corrected chi connectivity index (χ4v) is 3.75. The monoisotopic (exact) mass is 318 g/mol. The van der Waals surface area contributed by atoms with Crippen molar-refractivity contribution < 1.29 is 4.42 Å². The molecule has 1 aliphatic carbocycles. The maximum absolute atomic E-state index is 5.65. The zero-order valence-corrected chi connectivity index (χ0v) is 13.5. The van der Waals surface area contributed by atoms with Gasteiger partial charge in [-0.2, -0.15) is 0 Å². The molecule has 5 nitrogen and oxygen atoms in total. The molecule has 2 aromatic heterocycles. The molecular weight excluding hydrogens is 296 g/mol. The summed E-state index contributed by atoms with van der Waals surface area (Å²) in [6.07, 6.45) is 4.87. The van der Waals surface area contributed by atoms with Crippen molar-refractivity contribution in [3.8, 4) is 0 Å². The third kappa shape index (κ3) is 3.50. The van der Waals surface area contributed by atoms with Crippen LogP contribution in [0.1, 0.15) is 42.4 Å². The number of thiophene rings is 1. The summed E-state index contributed by atoms with van der Waals surface area (Å²) in [6.45, 7) is 4.41. The highest BCUT2D eigenvalue weighted by molar-refractivity contribution is 7.09. The molecule has 0 bridgehead atoms. The van der Waals surface area contributed by atoms with Crippen molar-refractivity contribution in [3.63, 3.8) is 0 Å². The molecular formula is C16H22N4OS. The molecule has 0 unspecified atom stereocenters. The Balaban J connectivity index is 1.20. The smallest absolute Gasteiger partial charge is 0.315 e. The number of nitrogens with zero attached hydrogens (tertiary/aromatic N) is 3. The second kappa shape index (κ2) is 6.38. The molecule has 118 valence electrons. The second-order valence-electron chi connectivity index (χ2n) is 6.40. The molecule has 2 aromatic rings. The van der Waals surface area contributed by atoms with Gasteiger partial charge in [-0.15, -0.1) is 16.4 Å². The first kappa shape index (κ1) is 14.2. The molecule has 3 heterocycles. The van der Waals surface area contributed by atoms with Crippen molar-refractivity contribution in [1.29, 1.82) is 0 Å². The highest BCUT2D eigenvalue weighted by Gasteiger charge is 2.29. The first-order valence-electron chi connectivity index (χ1n) is 8.19. The van der Waals surface area contributed by atoms with Crippen LogP contribution in [-0.2, 0) is 6.54 Å². The molecule has 1 saturated carbocycles. The average molecular weight is 318 g/mol. The number of aromatic nitrogens is 2. The van der Waals surface area contributed by atoms with E-state index in [4.69, 9.17) is 4.42 Å². The van der Waals surface area contributed by atoms with Gasteiger partial charge in [0.05, 0.1) is 0 Å². The van der Waals surface area contributed by atoms with Gasteiger partial charge in [0, 0.05) is 23.9 Å². The molecule has 0 atom stereocenters.